The fourth-order valence-corrected chi connectivity index (χ4v) is 2.75. The monoisotopic (exact) mass is 318 g/mol. The van der Waals surface area contributed by atoms with Gasteiger partial charge in [-0.2, -0.15) is 5.26 Å². The van der Waals surface area contributed by atoms with Gasteiger partial charge in [-0.25, -0.2) is 9.97 Å². The summed E-state index contributed by atoms with van der Waals surface area (Å²) in [7, 11) is 3.46. The number of nitrogens with zero attached hydrogens (tertiary/aromatic N) is 4. The zero-order valence-electron chi connectivity index (χ0n) is 13.2. The standard InChI is InChI=1S/C17H14N6O/c1-19-17-15(22-14-7-10(9-18)5-6-23(14)17)16-20-12-4-3-11(24-2)8-13(12)21-16/h3-8,19H,1-2H3,(H,20,21). The van der Waals surface area contributed by atoms with Gasteiger partial charge in [-0.1, -0.05) is 0 Å². The lowest BCUT2D eigenvalue weighted by atomic mass is 10.3. The van der Waals surface area contributed by atoms with E-state index in [4.69, 9.17) is 10.00 Å². The SMILES string of the molecule is CNc1c(-c2nc3ccc(OC)cc3[nH]2)nc2cc(C#N)ccn12. The number of aromatic amines is 1. The Morgan fingerprint density at radius 1 is 1.25 bits per heavy atom. The summed E-state index contributed by atoms with van der Waals surface area (Å²) in [5, 5.41) is 12.2. The van der Waals surface area contributed by atoms with Crippen LogP contribution in [0.15, 0.2) is 36.5 Å². The summed E-state index contributed by atoms with van der Waals surface area (Å²) in [5.74, 6) is 2.23. The summed E-state index contributed by atoms with van der Waals surface area (Å²) >= 11 is 0. The lowest BCUT2D eigenvalue weighted by Gasteiger charge is -2.01. The van der Waals surface area contributed by atoms with Crippen LogP contribution < -0.4 is 10.1 Å². The molecule has 0 radical (unpaired) electrons. The first-order valence-electron chi connectivity index (χ1n) is 7.37. The normalized spacial score (nSPS) is 10.9. The van der Waals surface area contributed by atoms with E-state index in [1.54, 1.807) is 19.2 Å². The number of aromatic nitrogens is 4. The molecule has 2 N–H and O–H groups in total. The molecule has 4 rings (SSSR count). The quantitative estimate of drug-likeness (QED) is 0.606. The molecule has 0 amide bonds. The van der Waals surface area contributed by atoms with Crippen LogP contribution in [0.4, 0.5) is 5.82 Å². The number of nitriles is 1. The van der Waals surface area contributed by atoms with E-state index in [1.165, 1.54) is 0 Å². The van der Waals surface area contributed by atoms with Crippen molar-refractivity contribution < 1.29 is 4.74 Å². The van der Waals surface area contributed by atoms with Gasteiger partial charge in [0.2, 0.25) is 0 Å². The molecule has 7 nitrogen and oxygen atoms in total. The molecule has 0 aliphatic carbocycles. The molecule has 0 unspecified atom stereocenters. The molecule has 0 spiro atoms. The number of anilines is 1. The molecule has 1 aromatic carbocycles. The Bertz CT molecular complexity index is 1100. The Labute approximate surface area is 137 Å². The number of H-pyrrole nitrogens is 1. The van der Waals surface area contributed by atoms with Gasteiger partial charge in [-0.3, -0.25) is 4.40 Å². The number of benzene rings is 1. The van der Waals surface area contributed by atoms with Gasteiger partial charge in [0.05, 0.1) is 29.8 Å². The van der Waals surface area contributed by atoms with E-state index in [1.807, 2.05) is 35.8 Å². The predicted octanol–water partition coefficient (Wildman–Crippen LogP) is 2.80. The van der Waals surface area contributed by atoms with Crippen LogP contribution in [0.5, 0.6) is 5.75 Å². The molecule has 118 valence electrons. The second-order valence-corrected chi connectivity index (χ2v) is 5.28. The highest BCUT2D eigenvalue weighted by Gasteiger charge is 2.17. The fourth-order valence-electron chi connectivity index (χ4n) is 2.75. The number of hydrogen-bond acceptors (Lipinski definition) is 5. The first-order valence-corrected chi connectivity index (χ1v) is 7.37. The first kappa shape index (κ1) is 14.1. The lowest BCUT2D eigenvalue weighted by Crippen LogP contribution is -1.96. The number of fused-ring (bicyclic) bond motifs is 2. The van der Waals surface area contributed by atoms with Crippen LogP contribution >= 0.6 is 0 Å². The molecule has 0 atom stereocenters. The first-order chi connectivity index (χ1) is 11.7. The van der Waals surface area contributed by atoms with E-state index in [-0.39, 0.29) is 0 Å². The summed E-state index contributed by atoms with van der Waals surface area (Å²) in [6.45, 7) is 0. The zero-order chi connectivity index (χ0) is 16.7. The highest BCUT2D eigenvalue weighted by molar-refractivity contribution is 5.83. The molecule has 0 saturated carbocycles. The van der Waals surface area contributed by atoms with Gasteiger partial charge in [0.25, 0.3) is 0 Å². The van der Waals surface area contributed by atoms with Crippen LogP contribution in [-0.4, -0.2) is 33.5 Å². The molecule has 0 aliphatic rings. The van der Waals surface area contributed by atoms with Crippen molar-refractivity contribution in [3.63, 3.8) is 0 Å². The van der Waals surface area contributed by atoms with Crippen molar-refractivity contribution in [2.75, 3.05) is 19.5 Å². The molecular formula is C17H14N6O. The van der Waals surface area contributed by atoms with E-state index in [0.29, 0.717) is 22.7 Å². The maximum Gasteiger partial charge on any atom is 0.161 e. The summed E-state index contributed by atoms with van der Waals surface area (Å²) in [6, 6.07) is 11.3. The summed E-state index contributed by atoms with van der Waals surface area (Å²) in [5.41, 5.74) is 3.66. The van der Waals surface area contributed by atoms with Gasteiger partial charge >= 0.3 is 0 Å². The molecule has 4 aromatic rings. The van der Waals surface area contributed by atoms with Gasteiger partial charge in [0, 0.05) is 19.3 Å². The third-order valence-electron chi connectivity index (χ3n) is 3.91. The number of nitrogens with one attached hydrogen (secondary N) is 2. The van der Waals surface area contributed by atoms with Crippen LogP contribution in [0.2, 0.25) is 0 Å². The van der Waals surface area contributed by atoms with Gasteiger partial charge in [-0.15, -0.1) is 0 Å². The minimum atomic E-state index is 0.566. The largest absolute Gasteiger partial charge is 0.497 e. The number of imidazole rings is 2. The Hall–Kier alpha value is -3.53. The second-order valence-electron chi connectivity index (χ2n) is 5.28. The van der Waals surface area contributed by atoms with Gasteiger partial charge in [0.1, 0.15) is 22.9 Å². The Kier molecular flexibility index (Phi) is 3.10. The maximum atomic E-state index is 9.06. The molecule has 0 saturated heterocycles. The van der Waals surface area contributed by atoms with Crippen molar-refractivity contribution in [1.29, 1.82) is 5.26 Å². The molecule has 3 heterocycles. The van der Waals surface area contributed by atoms with E-state index in [9.17, 15) is 0 Å². The third kappa shape index (κ3) is 2.05. The molecule has 7 heteroatoms. The van der Waals surface area contributed by atoms with Crippen molar-refractivity contribution in [2.45, 2.75) is 0 Å². The lowest BCUT2D eigenvalue weighted by molar-refractivity contribution is 0.415. The Balaban J connectivity index is 1.93. The van der Waals surface area contributed by atoms with E-state index < -0.39 is 0 Å². The minimum absolute atomic E-state index is 0.566. The smallest absolute Gasteiger partial charge is 0.161 e. The van der Waals surface area contributed by atoms with Crippen molar-refractivity contribution in [3.05, 3.63) is 42.1 Å². The van der Waals surface area contributed by atoms with Crippen LogP contribution in [-0.2, 0) is 0 Å². The van der Waals surface area contributed by atoms with Gasteiger partial charge in [-0.05, 0) is 24.3 Å². The van der Waals surface area contributed by atoms with Gasteiger partial charge in [0.15, 0.2) is 5.82 Å². The molecule has 24 heavy (non-hydrogen) atoms. The average Bonchev–Trinajstić information content (AvgIpc) is 3.20. The number of methoxy groups -OCH3 is 1. The third-order valence-corrected chi connectivity index (χ3v) is 3.91. The highest BCUT2D eigenvalue weighted by Crippen LogP contribution is 2.29. The van der Waals surface area contributed by atoms with Crippen LogP contribution in [0.1, 0.15) is 5.56 Å². The summed E-state index contributed by atoms with van der Waals surface area (Å²) in [6.07, 6.45) is 1.82. The van der Waals surface area contributed by atoms with Crippen LogP contribution in [0.25, 0.3) is 28.2 Å². The highest BCUT2D eigenvalue weighted by atomic mass is 16.5. The maximum absolute atomic E-state index is 9.06. The van der Waals surface area contributed by atoms with Crippen molar-refractivity contribution in [2.24, 2.45) is 0 Å². The Morgan fingerprint density at radius 3 is 2.88 bits per heavy atom. The van der Waals surface area contributed by atoms with E-state index in [2.05, 4.69) is 26.3 Å². The van der Waals surface area contributed by atoms with Crippen LogP contribution in [0, 0.1) is 11.3 Å². The number of pyridine rings is 1. The van der Waals surface area contributed by atoms with E-state index >= 15 is 0 Å². The minimum Gasteiger partial charge on any atom is -0.497 e. The second kappa shape index (κ2) is 5.28. The van der Waals surface area contributed by atoms with Crippen molar-refractivity contribution in [1.82, 2.24) is 19.4 Å². The molecule has 0 bridgehead atoms. The van der Waals surface area contributed by atoms with E-state index in [0.717, 1.165) is 22.6 Å². The Morgan fingerprint density at radius 2 is 2.12 bits per heavy atom. The summed E-state index contributed by atoms with van der Waals surface area (Å²) in [4.78, 5) is 12.5. The topological polar surface area (TPSA) is 91.0 Å². The fraction of sp³-hybridized carbons (Fsp3) is 0.118. The van der Waals surface area contributed by atoms with Crippen molar-refractivity contribution >= 4 is 22.5 Å². The van der Waals surface area contributed by atoms with Crippen LogP contribution in [0.3, 0.4) is 0 Å². The summed E-state index contributed by atoms with van der Waals surface area (Å²) < 4.78 is 7.14. The number of rotatable bonds is 3. The molecule has 3 aromatic heterocycles. The van der Waals surface area contributed by atoms with Crippen molar-refractivity contribution in [3.8, 4) is 23.3 Å². The molecule has 0 aliphatic heterocycles. The molecular weight excluding hydrogens is 304 g/mol. The molecule has 0 fully saturated rings. The number of hydrogen-bond donors (Lipinski definition) is 2. The number of ether oxygens (including phenoxy) is 1. The van der Waals surface area contributed by atoms with Gasteiger partial charge < -0.3 is 15.0 Å². The average molecular weight is 318 g/mol. The predicted molar refractivity (Wildman–Crippen MR) is 91.1 cm³/mol. The zero-order valence-corrected chi connectivity index (χ0v) is 13.2.